The molecule has 0 aliphatic carbocycles. The molecule has 1 atom stereocenters. The lowest BCUT2D eigenvalue weighted by molar-refractivity contribution is 0.327. The summed E-state index contributed by atoms with van der Waals surface area (Å²) in [6, 6.07) is 0. The highest BCUT2D eigenvalue weighted by Gasteiger charge is 2.30. The van der Waals surface area contributed by atoms with Gasteiger partial charge >= 0.3 is 0 Å². The van der Waals surface area contributed by atoms with E-state index in [-0.39, 0.29) is 11.7 Å². The van der Waals surface area contributed by atoms with Crippen molar-refractivity contribution in [3.8, 4) is 0 Å². The number of nitrogens with one attached hydrogen (secondary N) is 1. The lowest BCUT2D eigenvalue weighted by Gasteiger charge is -2.29. The van der Waals surface area contributed by atoms with Gasteiger partial charge in [0.15, 0.2) is 0 Å². The van der Waals surface area contributed by atoms with E-state index in [0.29, 0.717) is 19.6 Å². The monoisotopic (exact) mass is 285 g/mol. The van der Waals surface area contributed by atoms with E-state index in [1.165, 1.54) is 0 Å². The zero-order valence-corrected chi connectivity index (χ0v) is 11.6. The van der Waals surface area contributed by atoms with Crippen LogP contribution in [0, 0.1) is 5.92 Å². The van der Waals surface area contributed by atoms with Crippen LogP contribution in [0.3, 0.4) is 0 Å². The van der Waals surface area contributed by atoms with E-state index >= 15 is 0 Å². The molecule has 1 fully saturated rings. The lowest BCUT2D eigenvalue weighted by Crippen LogP contribution is -2.43. The fourth-order valence-electron chi connectivity index (χ4n) is 2.75. The predicted octanol–water partition coefficient (Wildman–Crippen LogP) is -0.577. The molecular formula is C11H19N5O2S. The molecular weight excluding hydrogens is 266 g/mol. The molecule has 0 bridgehead atoms. The van der Waals surface area contributed by atoms with E-state index in [9.17, 15) is 8.42 Å². The Morgan fingerprint density at radius 3 is 3.11 bits per heavy atom. The van der Waals surface area contributed by atoms with Gasteiger partial charge in [0.25, 0.3) is 0 Å². The number of hydrogen-bond donors (Lipinski definition) is 1. The van der Waals surface area contributed by atoms with Crippen molar-refractivity contribution in [2.75, 3.05) is 25.4 Å². The second-order valence-corrected chi connectivity index (χ2v) is 7.28. The average Bonchev–Trinajstić information content (AvgIpc) is 2.86. The summed E-state index contributed by atoms with van der Waals surface area (Å²) in [6.45, 7) is 3.33. The molecule has 0 amide bonds. The Hall–Kier alpha value is -0.990. The van der Waals surface area contributed by atoms with Gasteiger partial charge in [-0.15, -0.1) is 10.2 Å². The van der Waals surface area contributed by atoms with Gasteiger partial charge in [0.1, 0.15) is 12.2 Å². The maximum atomic E-state index is 12.4. The number of piperidine rings is 1. The van der Waals surface area contributed by atoms with E-state index < -0.39 is 10.0 Å². The number of nitrogens with zero attached hydrogens (tertiary/aromatic N) is 4. The average molecular weight is 285 g/mol. The van der Waals surface area contributed by atoms with Crippen LogP contribution >= 0.6 is 0 Å². The Bertz CT molecular complexity index is 535. The van der Waals surface area contributed by atoms with E-state index in [4.69, 9.17) is 0 Å². The van der Waals surface area contributed by atoms with Crippen LogP contribution in [0.2, 0.25) is 0 Å². The molecule has 2 aliphatic heterocycles. The Balaban J connectivity index is 1.67. The molecule has 0 radical (unpaired) electrons. The first-order valence-electron chi connectivity index (χ1n) is 6.70. The van der Waals surface area contributed by atoms with Crippen molar-refractivity contribution in [2.24, 2.45) is 5.92 Å². The van der Waals surface area contributed by atoms with Crippen LogP contribution < -0.4 is 5.32 Å². The van der Waals surface area contributed by atoms with E-state index in [0.717, 1.165) is 31.8 Å². The lowest BCUT2D eigenvalue weighted by atomic mass is 10.0. The third-order valence-corrected chi connectivity index (χ3v) is 5.83. The van der Waals surface area contributed by atoms with Crippen LogP contribution in [0.15, 0.2) is 6.33 Å². The first-order valence-corrected chi connectivity index (χ1v) is 8.31. The number of sulfonamides is 1. The highest BCUT2D eigenvalue weighted by Crippen LogP contribution is 2.18. The minimum Gasteiger partial charge on any atom is -0.316 e. The normalized spacial score (nSPS) is 25.2. The van der Waals surface area contributed by atoms with Gasteiger partial charge in [-0.25, -0.2) is 8.42 Å². The van der Waals surface area contributed by atoms with Gasteiger partial charge in [-0.1, -0.05) is 0 Å². The maximum absolute atomic E-state index is 12.4. The fraction of sp³-hybridized carbons (Fsp3) is 0.818. The van der Waals surface area contributed by atoms with Crippen molar-refractivity contribution in [1.82, 2.24) is 24.4 Å². The molecule has 106 valence electrons. The molecule has 19 heavy (non-hydrogen) atoms. The number of aromatic nitrogens is 3. The van der Waals surface area contributed by atoms with E-state index in [1.807, 2.05) is 4.57 Å². The topological polar surface area (TPSA) is 80.1 Å². The van der Waals surface area contributed by atoms with Crippen LogP contribution in [-0.2, 0) is 23.1 Å². The summed E-state index contributed by atoms with van der Waals surface area (Å²) >= 11 is 0. The first-order chi connectivity index (χ1) is 9.15. The molecule has 8 heteroatoms. The highest BCUT2D eigenvalue weighted by molar-refractivity contribution is 7.89. The van der Waals surface area contributed by atoms with Gasteiger partial charge in [0, 0.05) is 13.1 Å². The van der Waals surface area contributed by atoms with Gasteiger partial charge in [-0.05, 0) is 31.8 Å². The minimum absolute atomic E-state index is 0.235. The Kier molecular flexibility index (Phi) is 3.55. The standard InChI is InChI=1S/C11H19N5O2S/c17-19(18,8-10-2-1-3-12-6-10)16-5-4-15-9-13-14-11(15)7-16/h9-10,12H,1-8H2. The number of hydrogen-bond acceptors (Lipinski definition) is 5. The molecule has 3 heterocycles. The third-order valence-electron chi connectivity index (χ3n) is 3.84. The number of fused-ring (bicyclic) bond motifs is 1. The van der Waals surface area contributed by atoms with Crippen LogP contribution in [-0.4, -0.2) is 52.9 Å². The Morgan fingerprint density at radius 2 is 2.32 bits per heavy atom. The second-order valence-electron chi connectivity index (χ2n) is 5.27. The molecule has 0 spiro atoms. The van der Waals surface area contributed by atoms with Gasteiger partial charge in [0.2, 0.25) is 10.0 Å². The molecule has 2 aliphatic rings. The molecule has 0 saturated carbocycles. The van der Waals surface area contributed by atoms with E-state index in [2.05, 4.69) is 15.5 Å². The summed E-state index contributed by atoms with van der Waals surface area (Å²) in [5.74, 6) is 1.21. The fourth-order valence-corrected chi connectivity index (χ4v) is 4.51. The zero-order chi connectivity index (χ0) is 13.3. The zero-order valence-electron chi connectivity index (χ0n) is 10.8. The summed E-state index contributed by atoms with van der Waals surface area (Å²) in [5, 5.41) is 11.0. The molecule has 1 N–H and O–H groups in total. The first kappa shape index (κ1) is 13.0. The second kappa shape index (κ2) is 5.18. The molecule has 0 aromatic carbocycles. The molecule has 1 aromatic rings. The molecule has 1 saturated heterocycles. The van der Waals surface area contributed by atoms with Gasteiger partial charge in [-0.2, -0.15) is 4.31 Å². The van der Waals surface area contributed by atoms with Gasteiger partial charge < -0.3 is 9.88 Å². The highest BCUT2D eigenvalue weighted by atomic mass is 32.2. The van der Waals surface area contributed by atoms with E-state index in [1.54, 1.807) is 10.6 Å². The van der Waals surface area contributed by atoms with Crippen molar-refractivity contribution in [3.05, 3.63) is 12.2 Å². The van der Waals surface area contributed by atoms with Gasteiger partial charge in [0.05, 0.1) is 12.3 Å². The summed E-state index contributed by atoms with van der Waals surface area (Å²) in [6.07, 6.45) is 3.72. The SMILES string of the molecule is O=S(=O)(CC1CCCNC1)N1CCn2cnnc2C1. The molecule has 3 rings (SSSR count). The molecule has 1 aromatic heterocycles. The summed E-state index contributed by atoms with van der Waals surface area (Å²) < 4.78 is 28.3. The maximum Gasteiger partial charge on any atom is 0.214 e. The largest absolute Gasteiger partial charge is 0.316 e. The Labute approximate surface area is 113 Å². The Morgan fingerprint density at radius 1 is 1.42 bits per heavy atom. The van der Waals surface area contributed by atoms with Gasteiger partial charge in [-0.3, -0.25) is 0 Å². The van der Waals surface area contributed by atoms with Crippen LogP contribution in [0.4, 0.5) is 0 Å². The molecule has 7 nitrogen and oxygen atoms in total. The predicted molar refractivity (Wildman–Crippen MR) is 69.8 cm³/mol. The van der Waals surface area contributed by atoms with Crippen molar-refractivity contribution in [2.45, 2.75) is 25.9 Å². The number of rotatable bonds is 3. The van der Waals surface area contributed by atoms with Crippen molar-refractivity contribution in [3.63, 3.8) is 0 Å². The van der Waals surface area contributed by atoms with Crippen molar-refractivity contribution in [1.29, 1.82) is 0 Å². The summed E-state index contributed by atoms with van der Waals surface area (Å²) in [7, 11) is -3.19. The summed E-state index contributed by atoms with van der Waals surface area (Å²) in [4.78, 5) is 0. The minimum atomic E-state index is -3.19. The van der Waals surface area contributed by atoms with Crippen molar-refractivity contribution < 1.29 is 8.42 Å². The quantitative estimate of drug-likeness (QED) is 0.804. The van der Waals surface area contributed by atoms with Crippen LogP contribution in [0.1, 0.15) is 18.7 Å². The third kappa shape index (κ3) is 2.80. The van der Waals surface area contributed by atoms with Crippen molar-refractivity contribution >= 4 is 10.0 Å². The smallest absolute Gasteiger partial charge is 0.214 e. The van der Waals surface area contributed by atoms with Crippen LogP contribution in [0.25, 0.3) is 0 Å². The summed E-state index contributed by atoms with van der Waals surface area (Å²) in [5.41, 5.74) is 0. The molecule has 1 unspecified atom stereocenters. The van der Waals surface area contributed by atoms with Crippen LogP contribution in [0.5, 0.6) is 0 Å².